The lowest BCUT2D eigenvalue weighted by atomic mass is 10.1. The lowest BCUT2D eigenvalue weighted by molar-refractivity contribution is -0.0925. The second kappa shape index (κ2) is 7.79. The third-order valence-electron chi connectivity index (χ3n) is 2.78. The number of esters is 1. The van der Waals surface area contributed by atoms with Gasteiger partial charge in [-0.25, -0.2) is 4.79 Å². The van der Waals surface area contributed by atoms with Gasteiger partial charge in [0.1, 0.15) is 24.9 Å². The molecule has 0 heterocycles. The molecule has 8 heteroatoms. The molecule has 8 nitrogen and oxygen atoms in total. The molecular formula is C13H18O8. The highest BCUT2D eigenvalue weighted by Gasteiger charge is 2.25. The third-order valence-corrected chi connectivity index (χ3v) is 2.78. The van der Waals surface area contributed by atoms with Gasteiger partial charge in [-0.05, 0) is 18.2 Å². The maximum atomic E-state index is 11.7. The molecule has 1 aromatic rings. The van der Waals surface area contributed by atoms with Crippen molar-refractivity contribution >= 4 is 5.97 Å². The molecule has 21 heavy (non-hydrogen) atoms. The second-order valence-corrected chi connectivity index (χ2v) is 4.29. The van der Waals surface area contributed by atoms with Crippen molar-refractivity contribution in [2.75, 3.05) is 20.3 Å². The zero-order valence-corrected chi connectivity index (χ0v) is 11.3. The maximum absolute atomic E-state index is 11.7. The smallest absolute Gasteiger partial charge is 0.338 e. The van der Waals surface area contributed by atoms with Crippen LogP contribution in [0.2, 0.25) is 0 Å². The Balaban J connectivity index is 2.61. The first-order chi connectivity index (χ1) is 9.90. The van der Waals surface area contributed by atoms with E-state index in [4.69, 9.17) is 19.7 Å². The van der Waals surface area contributed by atoms with Crippen LogP contribution in [-0.2, 0) is 4.74 Å². The zero-order valence-electron chi connectivity index (χ0n) is 11.3. The van der Waals surface area contributed by atoms with Crippen LogP contribution in [0, 0.1) is 0 Å². The average molecular weight is 302 g/mol. The summed E-state index contributed by atoms with van der Waals surface area (Å²) in [7, 11) is 1.32. The van der Waals surface area contributed by atoms with Gasteiger partial charge >= 0.3 is 5.97 Å². The molecule has 3 atom stereocenters. The topological polar surface area (TPSA) is 137 Å². The number of hydrogen-bond donors (Lipinski definition) is 5. The Morgan fingerprint density at radius 1 is 1.24 bits per heavy atom. The Labute approximate surface area is 120 Å². The Hall–Kier alpha value is -1.87. The van der Waals surface area contributed by atoms with Crippen LogP contribution in [0.25, 0.3) is 0 Å². The molecule has 0 spiro atoms. The lowest BCUT2D eigenvalue weighted by Crippen LogP contribution is -2.42. The van der Waals surface area contributed by atoms with E-state index in [2.05, 4.69) is 0 Å². The third kappa shape index (κ3) is 4.57. The molecule has 1 aromatic carbocycles. The van der Waals surface area contributed by atoms with Crippen molar-refractivity contribution in [3.8, 4) is 11.5 Å². The number of carbonyl (C=O) groups is 1. The fourth-order valence-corrected chi connectivity index (χ4v) is 1.51. The van der Waals surface area contributed by atoms with Crippen molar-refractivity contribution in [2.24, 2.45) is 0 Å². The summed E-state index contributed by atoms with van der Waals surface area (Å²) in [5, 5.41) is 46.0. The van der Waals surface area contributed by atoms with Gasteiger partial charge in [0.05, 0.1) is 19.3 Å². The van der Waals surface area contributed by atoms with E-state index in [1.807, 2.05) is 0 Å². The van der Waals surface area contributed by atoms with E-state index in [0.717, 1.165) is 0 Å². The average Bonchev–Trinajstić information content (AvgIpc) is 2.50. The molecule has 0 radical (unpaired) electrons. The summed E-state index contributed by atoms with van der Waals surface area (Å²) in [5.74, 6) is -0.866. The molecule has 0 aliphatic carbocycles. The predicted molar refractivity (Wildman–Crippen MR) is 70.0 cm³/mol. The Bertz CT molecular complexity index is 475. The van der Waals surface area contributed by atoms with E-state index in [1.54, 1.807) is 0 Å². The van der Waals surface area contributed by atoms with Crippen LogP contribution in [0.5, 0.6) is 11.5 Å². The fourth-order valence-electron chi connectivity index (χ4n) is 1.51. The highest BCUT2D eigenvalue weighted by Crippen LogP contribution is 2.26. The van der Waals surface area contributed by atoms with Crippen LogP contribution in [0.3, 0.4) is 0 Å². The second-order valence-electron chi connectivity index (χ2n) is 4.29. The Morgan fingerprint density at radius 3 is 2.48 bits per heavy atom. The van der Waals surface area contributed by atoms with E-state index in [1.165, 1.54) is 25.3 Å². The van der Waals surface area contributed by atoms with Crippen LogP contribution < -0.4 is 4.74 Å². The SMILES string of the molecule is COc1cc(C(=O)OCC(O)C(O)C(O)CO)ccc1O. The van der Waals surface area contributed by atoms with Gasteiger partial charge < -0.3 is 35.0 Å². The van der Waals surface area contributed by atoms with Crippen molar-refractivity contribution in [1.82, 2.24) is 0 Å². The summed E-state index contributed by atoms with van der Waals surface area (Å²) in [5.41, 5.74) is 0.0778. The van der Waals surface area contributed by atoms with Gasteiger partial charge in [0.25, 0.3) is 0 Å². The quantitative estimate of drug-likeness (QED) is 0.389. The molecule has 1 rings (SSSR count). The van der Waals surface area contributed by atoms with Gasteiger partial charge in [-0.3, -0.25) is 0 Å². The molecule has 118 valence electrons. The van der Waals surface area contributed by atoms with E-state index < -0.39 is 37.5 Å². The van der Waals surface area contributed by atoms with Gasteiger partial charge in [-0.15, -0.1) is 0 Å². The van der Waals surface area contributed by atoms with Gasteiger partial charge in [0.15, 0.2) is 11.5 Å². The van der Waals surface area contributed by atoms with Crippen molar-refractivity contribution in [1.29, 1.82) is 0 Å². The van der Waals surface area contributed by atoms with E-state index >= 15 is 0 Å². The number of phenolic OH excluding ortho intramolecular Hbond substituents is 1. The molecule has 0 fully saturated rings. The van der Waals surface area contributed by atoms with Crippen LogP contribution in [0.4, 0.5) is 0 Å². The molecule has 0 aliphatic rings. The van der Waals surface area contributed by atoms with E-state index in [-0.39, 0.29) is 17.1 Å². The van der Waals surface area contributed by atoms with Gasteiger partial charge in [-0.1, -0.05) is 0 Å². The highest BCUT2D eigenvalue weighted by atomic mass is 16.5. The lowest BCUT2D eigenvalue weighted by Gasteiger charge is -2.21. The van der Waals surface area contributed by atoms with Gasteiger partial charge in [0, 0.05) is 0 Å². The van der Waals surface area contributed by atoms with Crippen LogP contribution in [-0.4, -0.2) is 70.1 Å². The minimum atomic E-state index is -1.64. The summed E-state index contributed by atoms with van der Waals surface area (Å²) in [6, 6.07) is 3.80. The fraction of sp³-hybridized carbons (Fsp3) is 0.462. The molecule has 3 unspecified atom stereocenters. The number of carbonyl (C=O) groups excluding carboxylic acids is 1. The number of methoxy groups -OCH3 is 1. The zero-order chi connectivity index (χ0) is 16.0. The summed E-state index contributed by atoms with van der Waals surface area (Å²) in [6.45, 7) is -1.30. The molecule has 0 saturated heterocycles. The molecule has 0 saturated carbocycles. The summed E-state index contributed by atoms with van der Waals surface area (Å²) >= 11 is 0. The van der Waals surface area contributed by atoms with E-state index in [9.17, 15) is 20.1 Å². The maximum Gasteiger partial charge on any atom is 0.338 e. The number of phenols is 1. The van der Waals surface area contributed by atoms with Crippen molar-refractivity contribution < 1.29 is 39.8 Å². The number of rotatable bonds is 7. The van der Waals surface area contributed by atoms with Crippen molar-refractivity contribution in [3.05, 3.63) is 23.8 Å². The number of aliphatic hydroxyl groups excluding tert-OH is 4. The normalized spacial score (nSPS) is 15.1. The largest absolute Gasteiger partial charge is 0.504 e. The minimum Gasteiger partial charge on any atom is -0.504 e. The standard InChI is InChI=1S/C13H18O8/c1-20-11-4-7(2-3-8(11)15)13(19)21-6-10(17)12(18)9(16)5-14/h2-4,9-10,12,14-18H,5-6H2,1H3. The monoisotopic (exact) mass is 302 g/mol. The summed E-state index contributed by atoms with van der Waals surface area (Å²) in [4.78, 5) is 11.7. The van der Waals surface area contributed by atoms with Crippen molar-refractivity contribution in [2.45, 2.75) is 18.3 Å². The van der Waals surface area contributed by atoms with Crippen LogP contribution in [0.15, 0.2) is 18.2 Å². The molecule has 0 amide bonds. The minimum absolute atomic E-state index is 0.0778. The molecule has 0 aliphatic heterocycles. The summed E-state index contributed by atoms with van der Waals surface area (Å²) in [6.07, 6.45) is -4.72. The number of benzene rings is 1. The first-order valence-electron chi connectivity index (χ1n) is 6.09. The number of hydrogen-bond acceptors (Lipinski definition) is 8. The van der Waals surface area contributed by atoms with Crippen LogP contribution in [0.1, 0.15) is 10.4 Å². The molecule has 0 aromatic heterocycles. The number of aliphatic hydroxyl groups is 4. The number of aromatic hydroxyl groups is 1. The first kappa shape index (κ1) is 17.2. The van der Waals surface area contributed by atoms with Crippen molar-refractivity contribution in [3.63, 3.8) is 0 Å². The Kier molecular flexibility index (Phi) is 6.38. The molecule has 0 bridgehead atoms. The number of ether oxygens (including phenoxy) is 2. The van der Waals surface area contributed by atoms with Gasteiger partial charge in [0.2, 0.25) is 0 Å². The predicted octanol–water partition coefficient (Wildman–Crippen LogP) is -1.37. The molecular weight excluding hydrogens is 284 g/mol. The molecule has 5 N–H and O–H groups in total. The van der Waals surface area contributed by atoms with Crippen LogP contribution >= 0.6 is 0 Å². The first-order valence-corrected chi connectivity index (χ1v) is 6.09. The summed E-state index contributed by atoms with van der Waals surface area (Å²) < 4.78 is 9.60. The van der Waals surface area contributed by atoms with E-state index in [0.29, 0.717) is 0 Å². The highest BCUT2D eigenvalue weighted by molar-refractivity contribution is 5.90. The van der Waals surface area contributed by atoms with Gasteiger partial charge in [-0.2, -0.15) is 0 Å². The Morgan fingerprint density at radius 2 is 1.90 bits per heavy atom.